The van der Waals surface area contributed by atoms with Gasteiger partial charge in [0.2, 0.25) is 0 Å². The average molecular weight is 329 g/mol. The maximum atomic E-state index is 12.5. The lowest BCUT2D eigenvalue weighted by Gasteiger charge is -2.14. The monoisotopic (exact) mass is 329 g/mol. The molecular weight excluding hydrogens is 310 g/mol. The predicted octanol–water partition coefficient (Wildman–Crippen LogP) is 4.56. The van der Waals surface area contributed by atoms with E-state index in [2.05, 4.69) is 5.32 Å². The maximum Gasteiger partial charge on any atom is 0.255 e. The lowest BCUT2D eigenvalue weighted by atomic mass is 10.00. The molecule has 25 heavy (non-hydrogen) atoms. The zero-order valence-corrected chi connectivity index (χ0v) is 14.1. The highest BCUT2D eigenvalue weighted by molar-refractivity contribution is 6.05. The molecule has 5 rings (SSSR count). The van der Waals surface area contributed by atoms with Crippen molar-refractivity contribution in [2.75, 3.05) is 5.32 Å². The molecule has 1 heterocycles. The number of carbonyl (C=O) groups excluding carboxylic acids is 1. The number of hydrogen-bond donors (Lipinski definition) is 1. The number of aromatic nitrogens is 2. The normalized spacial score (nSPS) is 20.7. The summed E-state index contributed by atoms with van der Waals surface area (Å²) in [5.41, 5.74) is 6.65. The van der Waals surface area contributed by atoms with E-state index in [-0.39, 0.29) is 5.91 Å². The summed E-state index contributed by atoms with van der Waals surface area (Å²) in [4.78, 5) is 22.2. The van der Waals surface area contributed by atoms with E-state index in [4.69, 9.17) is 9.97 Å². The van der Waals surface area contributed by atoms with Crippen LogP contribution in [0.5, 0.6) is 0 Å². The van der Waals surface area contributed by atoms with E-state index in [0.717, 1.165) is 16.7 Å². The molecule has 0 spiro atoms. The Morgan fingerprint density at radius 3 is 2.36 bits per heavy atom. The third-order valence-electron chi connectivity index (χ3n) is 5.50. The number of anilines is 1. The van der Waals surface area contributed by atoms with Gasteiger partial charge < -0.3 is 5.32 Å². The predicted molar refractivity (Wildman–Crippen MR) is 98.0 cm³/mol. The Hall–Kier alpha value is -2.75. The molecule has 2 atom stereocenters. The molecule has 3 aromatic rings. The van der Waals surface area contributed by atoms with E-state index in [1.807, 2.05) is 49.4 Å². The first kappa shape index (κ1) is 14.6. The number of carbonyl (C=O) groups is 1. The smallest absolute Gasteiger partial charge is 0.255 e. The van der Waals surface area contributed by atoms with Gasteiger partial charge in [-0.25, -0.2) is 9.97 Å². The van der Waals surface area contributed by atoms with E-state index in [9.17, 15) is 4.79 Å². The first-order valence-corrected chi connectivity index (χ1v) is 8.87. The molecule has 1 fully saturated rings. The first-order chi connectivity index (χ1) is 12.2. The van der Waals surface area contributed by atoms with Crippen molar-refractivity contribution in [2.45, 2.75) is 38.0 Å². The highest BCUT2D eigenvalue weighted by Crippen LogP contribution is 2.51. The molecule has 124 valence electrons. The third-order valence-corrected chi connectivity index (χ3v) is 5.50. The van der Waals surface area contributed by atoms with Gasteiger partial charge in [0.05, 0.1) is 22.4 Å². The zero-order chi connectivity index (χ0) is 17.0. The zero-order valence-electron chi connectivity index (χ0n) is 14.1. The number of nitrogens with zero attached hydrogens (tertiary/aromatic N) is 2. The van der Waals surface area contributed by atoms with Crippen molar-refractivity contribution in [3.63, 3.8) is 0 Å². The molecule has 2 unspecified atom stereocenters. The summed E-state index contributed by atoms with van der Waals surface area (Å²) in [5.74, 6) is 1.05. The fraction of sp³-hybridized carbons (Fsp3) is 0.286. The third kappa shape index (κ3) is 2.40. The second-order valence-corrected chi connectivity index (χ2v) is 7.22. The van der Waals surface area contributed by atoms with Crippen LogP contribution in [0.2, 0.25) is 0 Å². The molecule has 4 nitrogen and oxygen atoms in total. The van der Waals surface area contributed by atoms with Crippen LogP contribution in [0.1, 0.15) is 58.4 Å². The van der Waals surface area contributed by atoms with Crippen molar-refractivity contribution < 1.29 is 4.79 Å². The van der Waals surface area contributed by atoms with Gasteiger partial charge in [0.15, 0.2) is 0 Å². The van der Waals surface area contributed by atoms with Crippen molar-refractivity contribution in [3.05, 3.63) is 65.0 Å². The molecule has 2 aliphatic carbocycles. The van der Waals surface area contributed by atoms with Gasteiger partial charge in [-0.2, -0.15) is 0 Å². The molecular formula is C21H19N3O. The summed E-state index contributed by atoms with van der Waals surface area (Å²) >= 11 is 0. The second kappa shape index (κ2) is 5.38. The van der Waals surface area contributed by atoms with Gasteiger partial charge in [-0.1, -0.05) is 17.7 Å². The fourth-order valence-corrected chi connectivity index (χ4v) is 4.14. The van der Waals surface area contributed by atoms with Crippen molar-refractivity contribution in [1.82, 2.24) is 9.97 Å². The largest absolute Gasteiger partial charge is 0.322 e. The van der Waals surface area contributed by atoms with E-state index in [1.54, 1.807) is 0 Å². The second-order valence-electron chi connectivity index (χ2n) is 7.22. The highest BCUT2D eigenvalue weighted by Gasteiger charge is 2.39. The summed E-state index contributed by atoms with van der Waals surface area (Å²) < 4.78 is 0. The summed E-state index contributed by atoms with van der Waals surface area (Å²) in [5, 5.41) is 2.94. The minimum absolute atomic E-state index is 0.116. The Kier molecular flexibility index (Phi) is 3.14. The van der Waals surface area contributed by atoms with Gasteiger partial charge in [0.25, 0.3) is 5.91 Å². The van der Waals surface area contributed by atoms with Crippen LogP contribution in [0.25, 0.3) is 11.0 Å². The van der Waals surface area contributed by atoms with Crippen molar-refractivity contribution in [3.8, 4) is 0 Å². The van der Waals surface area contributed by atoms with E-state index in [1.165, 1.54) is 36.2 Å². The minimum Gasteiger partial charge on any atom is -0.322 e. The van der Waals surface area contributed by atoms with Crippen molar-refractivity contribution >= 4 is 22.6 Å². The molecule has 1 amide bonds. The van der Waals surface area contributed by atoms with Gasteiger partial charge in [-0.05, 0) is 56.5 Å². The topological polar surface area (TPSA) is 54.9 Å². The van der Waals surface area contributed by atoms with Crippen LogP contribution < -0.4 is 5.32 Å². The minimum atomic E-state index is -0.116. The Labute approximate surface area is 146 Å². The van der Waals surface area contributed by atoms with Crippen LogP contribution in [0.15, 0.2) is 42.5 Å². The van der Waals surface area contributed by atoms with Crippen LogP contribution in [0, 0.1) is 6.92 Å². The number of benzene rings is 2. The first-order valence-electron chi connectivity index (χ1n) is 8.87. The van der Waals surface area contributed by atoms with E-state index >= 15 is 0 Å². The van der Waals surface area contributed by atoms with Crippen molar-refractivity contribution in [2.24, 2.45) is 0 Å². The number of fused-ring (bicyclic) bond motifs is 6. The quantitative estimate of drug-likeness (QED) is 0.750. The molecule has 1 saturated carbocycles. The molecule has 0 saturated heterocycles. The summed E-state index contributed by atoms with van der Waals surface area (Å²) in [6.45, 7) is 2.03. The Balaban J connectivity index is 1.48. The van der Waals surface area contributed by atoms with Crippen LogP contribution in [-0.2, 0) is 0 Å². The molecule has 1 aromatic heterocycles. The van der Waals surface area contributed by atoms with Gasteiger partial charge in [0.1, 0.15) is 0 Å². The maximum absolute atomic E-state index is 12.5. The summed E-state index contributed by atoms with van der Waals surface area (Å²) in [6.07, 6.45) is 3.67. The molecule has 2 aromatic carbocycles. The average Bonchev–Trinajstić information content (AvgIpc) is 3.23. The molecule has 2 bridgehead atoms. The van der Waals surface area contributed by atoms with Crippen LogP contribution in [0.3, 0.4) is 0 Å². The lowest BCUT2D eigenvalue weighted by Crippen LogP contribution is -2.12. The van der Waals surface area contributed by atoms with E-state index in [0.29, 0.717) is 17.4 Å². The number of rotatable bonds is 2. The molecule has 0 aliphatic heterocycles. The van der Waals surface area contributed by atoms with Gasteiger partial charge in [-0.3, -0.25) is 4.79 Å². The Morgan fingerprint density at radius 2 is 1.64 bits per heavy atom. The van der Waals surface area contributed by atoms with E-state index < -0.39 is 0 Å². The Morgan fingerprint density at radius 1 is 0.960 bits per heavy atom. The SMILES string of the molecule is Cc1ccc(NC(=O)c2ccc3nc4c(nc3c2)C2CCC4C2)cc1. The number of hydrogen-bond acceptors (Lipinski definition) is 3. The van der Waals surface area contributed by atoms with Crippen LogP contribution in [-0.4, -0.2) is 15.9 Å². The van der Waals surface area contributed by atoms with Gasteiger partial charge >= 0.3 is 0 Å². The lowest BCUT2D eigenvalue weighted by molar-refractivity contribution is 0.102. The van der Waals surface area contributed by atoms with Crippen LogP contribution in [0.4, 0.5) is 5.69 Å². The molecule has 4 heteroatoms. The molecule has 1 N–H and O–H groups in total. The van der Waals surface area contributed by atoms with Gasteiger partial charge in [-0.15, -0.1) is 0 Å². The van der Waals surface area contributed by atoms with Crippen molar-refractivity contribution in [1.29, 1.82) is 0 Å². The summed E-state index contributed by atoms with van der Waals surface area (Å²) in [6, 6.07) is 13.4. The number of aryl methyl sites for hydroxylation is 1. The van der Waals surface area contributed by atoms with Gasteiger partial charge in [0, 0.05) is 23.1 Å². The highest BCUT2D eigenvalue weighted by atomic mass is 16.1. The summed E-state index contributed by atoms with van der Waals surface area (Å²) in [7, 11) is 0. The molecule has 2 aliphatic rings. The standard InChI is InChI=1S/C21H19N3O/c1-12-2-7-16(8-3-12)22-21(25)15-6-9-17-18(11-15)24-20-14-5-4-13(10-14)19(20)23-17/h2-3,6-9,11,13-14H,4-5,10H2,1H3,(H,22,25). The number of amides is 1. The molecule has 0 radical (unpaired) electrons. The number of nitrogens with one attached hydrogen (secondary N) is 1. The fourth-order valence-electron chi connectivity index (χ4n) is 4.14. The Bertz CT molecular complexity index is 994. The van der Waals surface area contributed by atoms with Crippen LogP contribution >= 0.6 is 0 Å².